The minimum absolute atomic E-state index is 0.0896. The average Bonchev–Trinajstić information content (AvgIpc) is 3.21. The van der Waals surface area contributed by atoms with Crippen LogP contribution in [0, 0.1) is 0 Å². The number of alkyl halides is 3. The number of likely N-dealkylation sites (tertiary alicyclic amines) is 1. The summed E-state index contributed by atoms with van der Waals surface area (Å²) in [5.74, 6) is -0.923. The van der Waals surface area contributed by atoms with E-state index < -0.39 is 23.2 Å². The third-order valence-electron chi connectivity index (χ3n) is 6.82. The fraction of sp³-hybridized carbons (Fsp3) is 0.440. The fourth-order valence-electron chi connectivity index (χ4n) is 4.68. The number of hydrogen-bond acceptors (Lipinski definition) is 4. The van der Waals surface area contributed by atoms with E-state index in [-0.39, 0.29) is 29.4 Å². The van der Waals surface area contributed by atoms with Gasteiger partial charge in [0.1, 0.15) is 17.4 Å². The quantitative estimate of drug-likeness (QED) is 0.608. The number of carboxylic acids is 1. The maximum Gasteiger partial charge on any atom is 0.416 e. The summed E-state index contributed by atoms with van der Waals surface area (Å²) in [4.78, 5) is 26.4. The van der Waals surface area contributed by atoms with Gasteiger partial charge in [-0.1, -0.05) is 18.2 Å². The molecule has 0 bridgehead atoms. The number of nitrogens with zero attached hydrogens (tertiary/aromatic N) is 1. The standard InChI is InChI=1S/C25H27F3N2O4/c1-16(17-6-8-18(9-7-17)22(31)32)29-23(33)24(11-3-12-24)30-13-10-21(15-30)34-20-5-2-4-19(14-20)25(26,27)28/h2,4-9,14,16,21H,3,10-13,15H2,1H3,(H,29,33)(H,31,32)/t16-,21+/m0/s1. The monoisotopic (exact) mass is 476 g/mol. The molecule has 1 saturated heterocycles. The van der Waals surface area contributed by atoms with Crippen molar-refractivity contribution in [3.63, 3.8) is 0 Å². The van der Waals surface area contributed by atoms with Gasteiger partial charge in [-0.25, -0.2) is 4.79 Å². The second-order valence-electron chi connectivity index (χ2n) is 9.01. The third kappa shape index (κ3) is 4.89. The molecule has 1 saturated carbocycles. The van der Waals surface area contributed by atoms with Crippen molar-refractivity contribution in [1.29, 1.82) is 0 Å². The Hall–Kier alpha value is -3.07. The van der Waals surface area contributed by atoms with Gasteiger partial charge in [0.15, 0.2) is 0 Å². The van der Waals surface area contributed by atoms with E-state index in [1.54, 1.807) is 12.1 Å². The largest absolute Gasteiger partial charge is 0.489 e. The van der Waals surface area contributed by atoms with Crippen LogP contribution in [0.15, 0.2) is 48.5 Å². The molecule has 4 rings (SSSR count). The number of amides is 1. The van der Waals surface area contributed by atoms with Crippen molar-refractivity contribution in [1.82, 2.24) is 10.2 Å². The Bertz CT molecular complexity index is 1050. The fourth-order valence-corrected chi connectivity index (χ4v) is 4.68. The molecule has 2 atom stereocenters. The number of halogens is 3. The number of rotatable bonds is 7. The van der Waals surface area contributed by atoms with Crippen LogP contribution in [0.4, 0.5) is 13.2 Å². The molecule has 0 unspecified atom stereocenters. The van der Waals surface area contributed by atoms with Crippen LogP contribution in [0.1, 0.15) is 60.1 Å². The third-order valence-corrected chi connectivity index (χ3v) is 6.82. The van der Waals surface area contributed by atoms with Gasteiger partial charge in [-0.2, -0.15) is 13.2 Å². The Kier molecular flexibility index (Phi) is 6.58. The number of aromatic carboxylic acids is 1. The summed E-state index contributed by atoms with van der Waals surface area (Å²) in [6.45, 7) is 2.94. The van der Waals surface area contributed by atoms with Crippen molar-refractivity contribution in [2.24, 2.45) is 0 Å². The number of ether oxygens (including phenoxy) is 1. The molecular weight excluding hydrogens is 449 g/mol. The molecule has 2 aliphatic rings. The number of nitrogens with one attached hydrogen (secondary N) is 1. The van der Waals surface area contributed by atoms with Gasteiger partial charge in [-0.15, -0.1) is 0 Å². The zero-order valence-corrected chi connectivity index (χ0v) is 18.8. The van der Waals surface area contributed by atoms with Crippen LogP contribution in [-0.4, -0.2) is 46.6 Å². The second kappa shape index (κ2) is 9.29. The van der Waals surface area contributed by atoms with Gasteiger partial charge in [0, 0.05) is 13.1 Å². The molecule has 2 fully saturated rings. The van der Waals surface area contributed by atoms with E-state index in [4.69, 9.17) is 9.84 Å². The van der Waals surface area contributed by atoms with Crippen LogP contribution >= 0.6 is 0 Å². The summed E-state index contributed by atoms with van der Waals surface area (Å²) < 4.78 is 44.8. The molecular formula is C25H27F3N2O4. The minimum atomic E-state index is -4.43. The number of carbonyl (C=O) groups is 2. The zero-order valence-electron chi connectivity index (χ0n) is 18.8. The number of benzene rings is 2. The molecule has 2 aromatic carbocycles. The predicted molar refractivity (Wildman–Crippen MR) is 119 cm³/mol. The van der Waals surface area contributed by atoms with Gasteiger partial charge in [0.2, 0.25) is 5.91 Å². The molecule has 9 heteroatoms. The smallest absolute Gasteiger partial charge is 0.416 e. The maximum absolute atomic E-state index is 13.3. The van der Waals surface area contributed by atoms with Crippen LogP contribution in [0.5, 0.6) is 5.75 Å². The number of hydrogen-bond donors (Lipinski definition) is 2. The molecule has 1 heterocycles. The lowest BCUT2D eigenvalue weighted by Crippen LogP contribution is -2.62. The lowest BCUT2D eigenvalue weighted by atomic mass is 9.74. The van der Waals surface area contributed by atoms with Crippen molar-refractivity contribution in [3.8, 4) is 5.75 Å². The Labute approximate surface area is 195 Å². The topological polar surface area (TPSA) is 78.9 Å². The molecule has 182 valence electrons. The van der Waals surface area contributed by atoms with Gasteiger partial charge in [-0.3, -0.25) is 9.69 Å². The number of carbonyl (C=O) groups excluding carboxylic acids is 1. The normalized spacial score (nSPS) is 20.9. The van der Waals surface area contributed by atoms with Crippen molar-refractivity contribution < 1.29 is 32.6 Å². The molecule has 0 spiro atoms. The molecule has 2 N–H and O–H groups in total. The van der Waals surface area contributed by atoms with E-state index in [1.165, 1.54) is 24.3 Å². The highest BCUT2D eigenvalue weighted by molar-refractivity contribution is 5.88. The first-order valence-electron chi connectivity index (χ1n) is 11.3. The van der Waals surface area contributed by atoms with Gasteiger partial charge >= 0.3 is 12.1 Å². The second-order valence-corrected chi connectivity index (χ2v) is 9.01. The van der Waals surface area contributed by atoms with E-state index in [0.29, 0.717) is 32.4 Å². The van der Waals surface area contributed by atoms with Crippen LogP contribution in [0.2, 0.25) is 0 Å². The molecule has 1 aliphatic carbocycles. The Morgan fingerprint density at radius 3 is 2.47 bits per heavy atom. The highest BCUT2D eigenvalue weighted by atomic mass is 19.4. The molecule has 2 aromatic rings. The van der Waals surface area contributed by atoms with Crippen LogP contribution in [0.25, 0.3) is 0 Å². The average molecular weight is 476 g/mol. The summed E-state index contributed by atoms with van der Waals surface area (Å²) >= 11 is 0. The van der Waals surface area contributed by atoms with Gasteiger partial charge in [-0.05, 0) is 68.5 Å². The summed E-state index contributed by atoms with van der Waals surface area (Å²) in [5, 5.41) is 12.1. The highest BCUT2D eigenvalue weighted by Crippen LogP contribution is 2.41. The summed E-state index contributed by atoms with van der Waals surface area (Å²) in [7, 11) is 0. The van der Waals surface area contributed by atoms with E-state index >= 15 is 0 Å². The van der Waals surface area contributed by atoms with Crippen LogP contribution < -0.4 is 10.1 Å². The molecule has 34 heavy (non-hydrogen) atoms. The molecule has 6 nitrogen and oxygen atoms in total. The van der Waals surface area contributed by atoms with Gasteiger partial charge < -0.3 is 15.2 Å². The van der Waals surface area contributed by atoms with E-state index in [0.717, 1.165) is 24.1 Å². The Morgan fingerprint density at radius 1 is 1.18 bits per heavy atom. The summed E-state index contributed by atoms with van der Waals surface area (Å²) in [5.41, 5.74) is -0.414. The number of carboxylic acid groups (broad SMARTS) is 1. The summed E-state index contributed by atoms with van der Waals surface area (Å²) in [6, 6.07) is 11.0. The minimum Gasteiger partial charge on any atom is -0.489 e. The summed E-state index contributed by atoms with van der Waals surface area (Å²) in [6.07, 6.45) is -1.77. The molecule has 1 aliphatic heterocycles. The first kappa shape index (κ1) is 24.1. The van der Waals surface area contributed by atoms with Gasteiger partial charge in [0.05, 0.1) is 17.2 Å². The van der Waals surface area contributed by atoms with E-state index in [2.05, 4.69) is 10.2 Å². The lowest BCUT2D eigenvalue weighted by Gasteiger charge is -2.47. The molecule has 0 aromatic heterocycles. The Balaban J connectivity index is 1.39. The first-order valence-corrected chi connectivity index (χ1v) is 11.3. The maximum atomic E-state index is 13.3. The van der Waals surface area contributed by atoms with Crippen LogP contribution in [0.3, 0.4) is 0 Å². The van der Waals surface area contributed by atoms with Gasteiger partial charge in [0.25, 0.3) is 0 Å². The lowest BCUT2D eigenvalue weighted by molar-refractivity contribution is -0.140. The van der Waals surface area contributed by atoms with Crippen molar-refractivity contribution in [3.05, 3.63) is 65.2 Å². The van der Waals surface area contributed by atoms with Crippen LogP contribution in [-0.2, 0) is 11.0 Å². The van der Waals surface area contributed by atoms with E-state index in [1.807, 2.05) is 6.92 Å². The van der Waals surface area contributed by atoms with Crippen molar-refractivity contribution in [2.45, 2.75) is 56.5 Å². The molecule has 1 amide bonds. The van der Waals surface area contributed by atoms with Crippen molar-refractivity contribution >= 4 is 11.9 Å². The Morgan fingerprint density at radius 2 is 1.88 bits per heavy atom. The van der Waals surface area contributed by atoms with Crippen molar-refractivity contribution in [2.75, 3.05) is 13.1 Å². The van der Waals surface area contributed by atoms with E-state index in [9.17, 15) is 22.8 Å². The first-order chi connectivity index (χ1) is 16.1. The predicted octanol–water partition coefficient (Wildman–Crippen LogP) is 4.66. The molecule has 0 radical (unpaired) electrons. The SMILES string of the molecule is C[C@H](NC(=O)C1(N2CC[C@@H](Oc3cccc(C(F)(F)F)c3)C2)CCC1)c1ccc(C(=O)O)cc1. The highest BCUT2D eigenvalue weighted by Gasteiger charge is 2.51. The zero-order chi connectivity index (χ0) is 24.5.